The number of pyridine rings is 1. The SMILES string of the molecule is CCNC(=NCc1ccccn1)NCC1CCCN1CC. The second-order valence-corrected chi connectivity index (χ2v) is 5.32. The lowest BCUT2D eigenvalue weighted by atomic mass is 10.2. The summed E-state index contributed by atoms with van der Waals surface area (Å²) in [5, 5.41) is 6.77. The maximum absolute atomic E-state index is 4.61. The van der Waals surface area contributed by atoms with Crippen molar-refractivity contribution < 1.29 is 0 Å². The van der Waals surface area contributed by atoms with Crippen molar-refractivity contribution >= 4 is 5.96 Å². The highest BCUT2D eigenvalue weighted by atomic mass is 15.2. The Morgan fingerprint density at radius 3 is 3.00 bits per heavy atom. The van der Waals surface area contributed by atoms with Gasteiger partial charge in [0.05, 0.1) is 12.2 Å². The van der Waals surface area contributed by atoms with E-state index in [2.05, 4.69) is 39.4 Å². The zero-order valence-corrected chi connectivity index (χ0v) is 13.2. The smallest absolute Gasteiger partial charge is 0.191 e. The second kappa shape index (κ2) is 8.62. The molecule has 1 aliphatic heterocycles. The molecular weight excluding hydrogens is 262 g/mol. The van der Waals surface area contributed by atoms with Gasteiger partial charge in [0, 0.05) is 25.3 Å². The maximum Gasteiger partial charge on any atom is 0.191 e. The molecule has 1 aromatic heterocycles. The van der Waals surface area contributed by atoms with Crippen molar-refractivity contribution in [2.24, 2.45) is 4.99 Å². The molecule has 1 unspecified atom stereocenters. The van der Waals surface area contributed by atoms with Gasteiger partial charge in [0.15, 0.2) is 5.96 Å². The first-order chi connectivity index (χ1) is 10.3. The molecule has 0 aromatic carbocycles. The first-order valence-corrected chi connectivity index (χ1v) is 7.99. The van der Waals surface area contributed by atoms with E-state index in [0.29, 0.717) is 12.6 Å². The van der Waals surface area contributed by atoms with Crippen molar-refractivity contribution in [1.82, 2.24) is 20.5 Å². The summed E-state index contributed by atoms with van der Waals surface area (Å²) in [6.45, 7) is 9.12. The monoisotopic (exact) mass is 289 g/mol. The first-order valence-electron chi connectivity index (χ1n) is 7.99. The molecule has 0 spiro atoms. The van der Waals surface area contributed by atoms with E-state index < -0.39 is 0 Å². The highest BCUT2D eigenvalue weighted by Gasteiger charge is 2.22. The molecule has 5 nitrogen and oxygen atoms in total. The van der Waals surface area contributed by atoms with Crippen LogP contribution in [0, 0.1) is 0 Å². The van der Waals surface area contributed by atoms with Crippen molar-refractivity contribution in [2.45, 2.75) is 39.3 Å². The zero-order chi connectivity index (χ0) is 14.9. The largest absolute Gasteiger partial charge is 0.357 e. The van der Waals surface area contributed by atoms with Crippen LogP contribution in [0.25, 0.3) is 0 Å². The molecule has 0 aliphatic carbocycles. The summed E-state index contributed by atoms with van der Waals surface area (Å²) in [5.41, 5.74) is 0.991. The average Bonchev–Trinajstić information content (AvgIpc) is 2.98. The molecule has 116 valence electrons. The number of aromatic nitrogens is 1. The van der Waals surface area contributed by atoms with Crippen LogP contribution in [0.3, 0.4) is 0 Å². The number of aliphatic imine (C=N–C) groups is 1. The third-order valence-corrected chi connectivity index (χ3v) is 3.88. The Morgan fingerprint density at radius 1 is 1.38 bits per heavy atom. The van der Waals surface area contributed by atoms with E-state index in [1.807, 2.05) is 24.4 Å². The maximum atomic E-state index is 4.61. The molecule has 1 aliphatic rings. The van der Waals surface area contributed by atoms with Crippen molar-refractivity contribution in [2.75, 3.05) is 26.2 Å². The van der Waals surface area contributed by atoms with Crippen LogP contribution in [0.5, 0.6) is 0 Å². The van der Waals surface area contributed by atoms with Gasteiger partial charge in [-0.15, -0.1) is 0 Å². The molecule has 1 fully saturated rings. The predicted molar refractivity (Wildman–Crippen MR) is 87.3 cm³/mol. The van der Waals surface area contributed by atoms with Crippen LogP contribution in [0.2, 0.25) is 0 Å². The van der Waals surface area contributed by atoms with Gasteiger partial charge in [0.25, 0.3) is 0 Å². The summed E-state index contributed by atoms with van der Waals surface area (Å²) in [6.07, 6.45) is 4.39. The quantitative estimate of drug-likeness (QED) is 0.617. The number of likely N-dealkylation sites (tertiary alicyclic amines) is 1. The average molecular weight is 289 g/mol. The number of likely N-dealkylation sites (N-methyl/N-ethyl adjacent to an activating group) is 1. The van der Waals surface area contributed by atoms with Gasteiger partial charge < -0.3 is 10.6 Å². The summed E-state index contributed by atoms with van der Waals surface area (Å²) in [6, 6.07) is 6.56. The molecule has 21 heavy (non-hydrogen) atoms. The lowest BCUT2D eigenvalue weighted by Crippen LogP contribution is -2.44. The number of hydrogen-bond donors (Lipinski definition) is 2. The molecule has 2 heterocycles. The summed E-state index contributed by atoms with van der Waals surface area (Å²) in [4.78, 5) is 11.4. The summed E-state index contributed by atoms with van der Waals surface area (Å²) in [7, 11) is 0. The van der Waals surface area contributed by atoms with E-state index in [1.165, 1.54) is 19.4 Å². The minimum atomic E-state index is 0.609. The molecule has 0 saturated carbocycles. The van der Waals surface area contributed by atoms with Gasteiger partial charge in [-0.05, 0) is 45.0 Å². The molecule has 0 radical (unpaired) electrons. The Labute approximate surface area is 127 Å². The fourth-order valence-electron chi connectivity index (χ4n) is 2.75. The zero-order valence-electron chi connectivity index (χ0n) is 13.2. The fraction of sp³-hybridized carbons (Fsp3) is 0.625. The van der Waals surface area contributed by atoms with Gasteiger partial charge >= 0.3 is 0 Å². The molecule has 1 aromatic rings. The van der Waals surface area contributed by atoms with Crippen LogP contribution < -0.4 is 10.6 Å². The molecule has 2 rings (SSSR count). The fourth-order valence-corrected chi connectivity index (χ4v) is 2.75. The molecule has 0 amide bonds. The highest BCUT2D eigenvalue weighted by molar-refractivity contribution is 5.79. The van der Waals surface area contributed by atoms with E-state index >= 15 is 0 Å². The summed E-state index contributed by atoms with van der Waals surface area (Å²) in [5.74, 6) is 0.881. The van der Waals surface area contributed by atoms with Crippen molar-refractivity contribution in [3.63, 3.8) is 0 Å². The topological polar surface area (TPSA) is 52.6 Å². The van der Waals surface area contributed by atoms with Crippen LogP contribution in [-0.4, -0.2) is 48.1 Å². The van der Waals surface area contributed by atoms with Crippen LogP contribution >= 0.6 is 0 Å². The third kappa shape index (κ3) is 5.01. The van der Waals surface area contributed by atoms with Crippen LogP contribution in [0.4, 0.5) is 0 Å². The summed E-state index contributed by atoms with van der Waals surface area (Å²) >= 11 is 0. The molecule has 2 N–H and O–H groups in total. The normalized spacial score (nSPS) is 19.7. The van der Waals surface area contributed by atoms with Crippen LogP contribution in [0.1, 0.15) is 32.4 Å². The molecule has 5 heteroatoms. The first kappa shape index (κ1) is 15.8. The van der Waals surface area contributed by atoms with Crippen LogP contribution in [0.15, 0.2) is 29.4 Å². The van der Waals surface area contributed by atoms with E-state index in [9.17, 15) is 0 Å². The van der Waals surface area contributed by atoms with Crippen molar-refractivity contribution in [3.8, 4) is 0 Å². The van der Waals surface area contributed by atoms with Gasteiger partial charge in [-0.25, -0.2) is 4.99 Å². The van der Waals surface area contributed by atoms with Gasteiger partial charge in [-0.1, -0.05) is 13.0 Å². The van der Waals surface area contributed by atoms with Crippen LogP contribution in [-0.2, 0) is 6.54 Å². The predicted octanol–water partition coefficient (Wildman–Crippen LogP) is 1.62. The van der Waals surface area contributed by atoms with E-state index in [-0.39, 0.29) is 0 Å². The highest BCUT2D eigenvalue weighted by Crippen LogP contribution is 2.15. The van der Waals surface area contributed by atoms with Crippen molar-refractivity contribution in [1.29, 1.82) is 0 Å². The molecular formula is C16H27N5. The molecule has 0 bridgehead atoms. The molecule has 1 saturated heterocycles. The van der Waals surface area contributed by atoms with Gasteiger partial charge in [-0.3, -0.25) is 9.88 Å². The summed E-state index contributed by atoms with van der Waals surface area (Å²) < 4.78 is 0. The second-order valence-electron chi connectivity index (χ2n) is 5.32. The lowest BCUT2D eigenvalue weighted by molar-refractivity contribution is 0.267. The Bertz CT molecular complexity index is 432. The Hall–Kier alpha value is -1.62. The number of hydrogen-bond acceptors (Lipinski definition) is 3. The van der Waals surface area contributed by atoms with E-state index in [0.717, 1.165) is 31.3 Å². The Balaban J connectivity index is 1.86. The van der Waals surface area contributed by atoms with E-state index in [4.69, 9.17) is 0 Å². The van der Waals surface area contributed by atoms with Gasteiger partial charge in [0.1, 0.15) is 0 Å². The Morgan fingerprint density at radius 2 is 2.29 bits per heavy atom. The lowest BCUT2D eigenvalue weighted by Gasteiger charge is -2.23. The van der Waals surface area contributed by atoms with Crippen molar-refractivity contribution in [3.05, 3.63) is 30.1 Å². The Kier molecular flexibility index (Phi) is 6.47. The van der Waals surface area contributed by atoms with Gasteiger partial charge in [-0.2, -0.15) is 0 Å². The number of rotatable bonds is 6. The number of nitrogens with zero attached hydrogens (tertiary/aromatic N) is 3. The van der Waals surface area contributed by atoms with E-state index in [1.54, 1.807) is 0 Å². The minimum absolute atomic E-state index is 0.609. The third-order valence-electron chi connectivity index (χ3n) is 3.88. The minimum Gasteiger partial charge on any atom is -0.357 e. The molecule has 1 atom stereocenters. The number of nitrogens with one attached hydrogen (secondary N) is 2. The number of guanidine groups is 1. The standard InChI is InChI=1S/C16H27N5/c1-3-17-16(19-12-14-8-5-6-10-18-14)20-13-15-9-7-11-21(15)4-2/h5-6,8,10,15H,3-4,7,9,11-13H2,1-2H3,(H2,17,19,20). The van der Waals surface area contributed by atoms with Gasteiger partial charge in [0.2, 0.25) is 0 Å².